The third kappa shape index (κ3) is 2.92. The Labute approximate surface area is 108 Å². The van der Waals surface area contributed by atoms with Crippen molar-refractivity contribution < 1.29 is 4.74 Å². The first-order valence-corrected chi connectivity index (χ1v) is 6.37. The zero-order valence-corrected chi connectivity index (χ0v) is 11.0. The number of ether oxygens (including phenoxy) is 1. The molecule has 17 heavy (non-hydrogen) atoms. The zero-order valence-electron chi connectivity index (χ0n) is 10.2. The van der Waals surface area contributed by atoms with Crippen molar-refractivity contribution >= 4 is 17.2 Å². The lowest BCUT2D eigenvalue weighted by molar-refractivity contribution is 0.242. The van der Waals surface area contributed by atoms with Gasteiger partial charge in [0.15, 0.2) is 0 Å². The summed E-state index contributed by atoms with van der Waals surface area (Å²) in [5, 5.41) is 0.923. The predicted molar refractivity (Wildman–Crippen MR) is 73.4 cm³/mol. The lowest BCUT2D eigenvalue weighted by atomic mass is 9.98. The third-order valence-corrected chi connectivity index (χ3v) is 3.04. The van der Waals surface area contributed by atoms with Gasteiger partial charge in [0.1, 0.15) is 5.75 Å². The number of benzene rings is 1. The molecule has 0 saturated carbocycles. The van der Waals surface area contributed by atoms with Gasteiger partial charge in [0, 0.05) is 10.6 Å². The largest absolute Gasteiger partial charge is 0.490 e. The molecule has 0 unspecified atom stereocenters. The van der Waals surface area contributed by atoms with Crippen LogP contribution in [0.4, 0.5) is 0 Å². The molecule has 0 fully saturated rings. The fourth-order valence-corrected chi connectivity index (χ4v) is 2.19. The maximum Gasteiger partial charge on any atom is 0.127 e. The van der Waals surface area contributed by atoms with Crippen LogP contribution in [0, 0.1) is 0 Å². The van der Waals surface area contributed by atoms with E-state index in [9.17, 15) is 0 Å². The normalized spacial score (nSPS) is 15.5. The minimum Gasteiger partial charge on any atom is -0.490 e. The molecule has 2 heteroatoms. The first-order chi connectivity index (χ1) is 8.18. The van der Waals surface area contributed by atoms with Crippen molar-refractivity contribution in [2.75, 3.05) is 0 Å². The minimum absolute atomic E-state index is 0.170. The second-order valence-corrected chi connectivity index (χ2v) is 4.88. The Kier molecular flexibility index (Phi) is 3.90. The van der Waals surface area contributed by atoms with E-state index in [0.29, 0.717) is 0 Å². The summed E-state index contributed by atoms with van der Waals surface area (Å²) < 4.78 is 5.82. The second-order valence-electron chi connectivity index (χ2n) is 4.42. The smallest absolute Gasteiger partial charge is 0.127 e. The van der Waals surface area contributed by atoms with E-state index in [1.807, 2.05) is 32.0 Å². The van der Waals surface area contributed by atoms with Gasteiger partial charge in [-0.25, -0.2) is 0 Å². The number of allylic oxidation sites excluding steroid dienone is 4. The van der Waals surface area contributed by atoms with Crippen LogP contribution in [0.5, 0.6) is 5.75 Å². The molecule has 0 amide bonds. The molecule has 0 radical (unpaired) electrons. The van der Waals surface area contributed by atoms with Gasteiger partial charge in [0.25, 0.3) is 0 Å². The number of rotatable bonds is 3. The molecule has 1 aromatic rings. The van der Waals surface area contributed by atoms with E-state index in [1.54, 1.807) is 0 Å². The molecular weight excluding hydrogens is 232 g/mol. The van der Waals surface area contributed by atoms with Gasteiger partial charge in [-0.1, -0.05) is 42.0 Å². The molecule has 1 aromatic carbocycles. The van der Waals surface area contributed by atoms with Gasteiger partial charge in [-0.15, -0.1) is 0 Å². The van der Waals surface area contributed by atoms with Crippen LogP contribution in [0.15, 0.2) is 41.4 Å². The number of hydrogen-bond donors (Lipinski definition) is 0. The van der Waals surface area contributed by atoms with E-state index in [1.165, 1.54) is 0 Å². The minimum atomic E-state index is 0.170. The Hall–Kier alpha value is -1.21. The molecule has 1 nitrogen and oxygen atoms in total. The summed E-state index contributed by atoms with van der Waals surface area (Å²) in [7, 11) is 0. The van der Waals surface area contributed by atoms with Crippen molar-refractivity contribution in [1.29, 1.82) is 0 Å². The summed E-state index contributed by atoms with van der Waals surface area (Å²) in [6.45, 7) is 4.06. The van der Waals surface area contributed by atoms with Gasteiger partial charge in [-0.3, -0.25) is 0 Å². The van der Waals surface area contributed by atoms with Crippen LogP contribution in [0.3, 0.4) is 0 Å². The highest BCUT2D eigenvalue weighted by molar-refractivity contribution is 6.33. The maximum atomic E-state index is 6.30. The fraction of sp³-hybridized carbons (Fsp3) is 0.333. The van der Waals surface area contributed by atoms with Gasteiger partial charge in [0.2, 0.25) is 0 Å². The van der Waals surface area contributed by atoms with E-state index in [2.05, 4.69) is 18.2 Å². The summed E-state index contributed by atoms with van der Waals surface area (Å²) >= 11 is 6.30. The Morgan fingerprint density at radius 1 is 1.24 bits per heavy atom. The molecular formula is C15H17ClO. The summed E-state index contributed by atoms with van der Waals surface area (Å²) in [4.78, 5) is 0. The summed E-state index contributed by atoms with van der Waals surface area (Å²) in [5.41, 5.74) is 2.18. The van der Waals surface area contributed by atoms with E-state index in [4.69, 9.17) is 16.3 Å². The summed E-state index contributed by atoms with van der Waals surface area (Å²) in [6.07, 6.45) is 6.36. The van der Waals surface area contributed by atoms with Crippen LogP contribution in [0.25, 0.3) is 5.57 Å². The average Bonchev–Trinajstić information content (AvgIpc) is 2.30. The van der Waals surface area contributed by atoms with Crippen LogP contribution in [-0.2, 0) is 0 Å². The Bertz CT molecular complexity index is 458. The van der Waals surface area contributed by atoms with Crippen molar-refractivity contribution in [2.24, 2.45) is 0 Å². The number of para-hydroxylation sites is 1. The first kappa shape index (κ1) is 12.3. The molecule has 0 heterocycles. The summed E-state index contributed by atoms with van der Waals surface area (Å²) in [5.74, 6) is 0.905. The molecule has 90 valence electrons. The van der Waals surface area contributed by atoms with Crippen LogP contribution >= 0.6 is 11.6 Å². The Balaban J connectivity index is 2.41. The molecule has 2 rings (SSSR count). The molecule has 0 aromatic heterocycles. The Morgan fingerprint density at radius 3 is 2.71 bits per heavy atom. The molecule has 0 bridgehead atoms. The molecule has 1 aliphatic carbocycles. The van der Waals surface area contributed by atoms with Crippen LogP contribution in [-0.4, -0.2) is 6.10 Å². The zero-order chi connectivity index (χ0) is 12.3. The molecule has 0 atom stereocenters. The average molecular weight is 249 g/mol. The lowest BCUT2D eigenvalue weighted by Gasteiger charge is -2.17. The Morgan fingerprint density at radius 2 is 2.00 bits per heavy atom. The van der Waals surface area contributed by atoms with Crippen molar-refractivity contribution in [3.63, 3.8) is 0 Å². The van der Waals surface area contributed by atoms with E-state index in [0.717, 1.165) is 34.8 Å². The van der Waals surface area contributed by atoms with Crippen molar-refractivity contribution in [3.8, 4) is 5.75 Å². The van der Waals surface area contributed by atoms with Crippen molar-refractivity contribution in [2.45, 2.75) is 32.8 Å². The summed E-state index contributed by atoms with van der Waals surface area (Å²) in [6, 6.07) is 8.06. The fourth-order valence-electron chi connectivity index (χ4n) is 1.92. The highest BCUT2D eigenvalue weighted by Gasteiger charge is 2.13. The molecule has 1 aliphatic rings. The van der Waals surface area contributed by atoms with E-state index in [-0.39, 0.29) is 6.10 Å². The van der Waals surface area contributed by atoms with Crippen molar-refractivity contribution in [3.05, 3.63) is 47.0 Å². The topological polar surface area (TPSA) is 9.23 Å². The highest BCUT2D eigenvalue weighted by atomic mass is 35.5. The SMILES string of the molecule is CC(C)Oc1ccccc1C1=C(Cl)CCC=C1. The quantitative estimate of drug-likeness (QED) is 0.749. The number of halogens is 1. The van der Waals surface area contributed by atoms with Gasteiger partial charge >= 0.3 is 0 Å². The third-order valence-electron chi connectivity index (χ3n) is 2.65. The van der Waals surface area contributed by atoms with Gasteiger partial charge in [-0.05, 0) is 38.3 Å². The van der Waals surface area contributed by atoms with E-state index < -0.39 is 0 Å². The maximum absolute atomic E-state index is 6.30. The van der Waals surface area contributed by atoms with Gasteiger partial charge < -0.3 is 4.74 Å². The number of hydrogen-bond acceptors (Lipinski definition) is 1. The van der Waals surface area contributed by atoms with Crippen molar-refractivity contribution in [1.82, 2.24) is 0 Å². The van der Waals surface area contributed by atoms with Crippen LogP contribution in [0.2, 0.25) is 0 Å². The van der Waals surface area contributed by atoms with Gasteiger partial charge in [0.05, 0.1) is 6.10 Å². The highest BCUT2D eigenvalue weighted by Crippen LogP contribution is 2.35. The lowest BCUT2D eigenvalue weighted by Crippen LogP contribution is -2.07. The monoisotopic (exact) mass is 248 g/mol. The van der Waals surface area contributed by atoms with E-state index >= 15 is 0 Å². The molecule has 0 N–H and O–H groups in total. The van der Waals surface area contributed by atoms with Crippen LogP contribution < -0.4 is 4.74 Å². The predicted octanol–water partition coefficient (Wildman–Crippen LogP) is 4.77. The molecule has 0 saturated heterocycles. The molecule has 0 spiro atoms. The standard InChI is InChI=1S/C15H17ClO/c1-11(2)17-15-10-6-4-8-13(15)12-7-3-5-9-14(12)16/h3-4,6-8,10-11H,5,9H2,1-2H3. The molecule has 0 aliphatic heterocycles. The first-order valence-electron chi connectivity index (χ1n) is 5.99. The van der Waals surface area contributed by atoms with Gasteiger partial charge in [-0.2, -0.15) is 0 Å². The van der Waals surface area contributed by atoms with Crippen LogP contribution in [0.1, 0.15) is 32.3 Å². The second kappa shape index (κ2) is 5.42.